The number of aromatic carboxylic acids is 1. The van der Waals surface area contributed by atoms with Crippen molar-refractivity contribution in [2.24, 2.45) is 0 Å². The molecule has 6 heteroatoms. The highest BCUT2D eigenvalue weighted by Crippen LogP contribution is 2.37. The number of rotatable bonds is 5. The van der Waals surface area contributed by atoms with E-state index in [0.717, 1.165) is 31.4 Å². The van der Waals surface area contributed by atoms with Crippen LogP contribution in [0.25, 0.3) is 0 Å². The molecule has 0 bridgehead atoms. The highest BCUT2D eigenvalue weighted by molar-refractivity contribution is 6.08. The smallest absolute Gasteiger partial charge is 0.339 e. The van der Waals surface area contributed by atoms with Gasteiger partial charge in [-0.1, -0.05) is 19.3 Å². The fraction of sp³-hybridized carbons (Fsp3) is 0.429. The molecule has 1 aromatic carbocycles. The molecule has 2 aromatic rings. The molecule has 144 valence electrons. The van der Waals surface area contributed by atoms with Crippen LogP contribution >= 0.6 is 0 Å². The van der Waals surface area contributed by atoms with E-state index >= 15 is 0 Å². The van der Waals surface area contributed by atoms with E-state index in [9.17, 15) is 14.7 Å². The molecule has 1 heterocycles. The summed E-state index contributed by atoms with van der Waals surface area (Å²) in [4.78, 5) is 24.7. The van der Waals surface area contributed by atoms with Crippen LogP contribution in [0.15, 0.2) is 24.3 Å². The zero-order valence-corrected chi connectivity index (χ0v) is 16.0. The van der Waals surface area contributed by atoms with Crippen molar-refractivity contribution in [1.82, 2.24) is 4.57 Å². The quantitative estimate of drug-likeness (QED) is 0.808. The molecule has 3 rings (SSSR count). The summed E-state index contributed by atoms with van der Waals surface area (Å²) in [6.45, 7) is 3.74. The van der Waals surface area contributed by atoms with Crippen LogP contribution in [0.4, 0.5) is 5.82 Å². The minimum atomic E-state index is -1.02. The predicted molar refractivity (Wildman–Crippen MR) is 104 cm³/mol. The number of nitrogens with zero attached hydrogens (tertiary/aromatic N) is 1. The first kappa shape index (κ1) is 19.0. The van der Waals surface area contributed by atoms with Gasteiger partial charge in [0.05, 0.1) is 7.11 Å². The maximum absolute atomic E-state index is 12.8. The Labute approximate surface area is 159 Å². The Kier molecular flexibility index (Phi) is 5.54. The Hall–Kier alpha value is -2.76. The number of carbonyl (C=O) groups is 2. The molecule has 1 aliphatic carbocycles. The molecule has 0 radical (unpaired) electrons. The van der Waals surface area contributed by atoms with Gasteiger partial charge in [0.1, 0.15) is 17.1 Å². The first-order valence-corrected chi connectivity index (χ1v) is 9.34. The molecular formula is C21H26N2O4. The summed E-state index contributed by atoms with van der Waals surface area (Å²) in [6.07, 6.45) is 5.44. The summed E-state index contributed by atoms with van der Waals surface area (Å²) in [5.74, 6) is -0.287. The summed E-state index contributed by atoms with van der Waals surface area (Å²) >= 11 is 0. The summed E-state index contributed by atoms with van der Waals surface area (Å²) in [5, 5.41) is 12.6. The fourth-order valence-electron chi connectivity index (χ4n) is 3.93. The number of amides is 1. The highest BCUT2D eigenvalue weighted by Gasteiger charge is 2.29. The molecule has 0 spiro atoms. The molecule has 0 aliphatic heterocycles. The van der Waals surface area contributed by atoms with E-state index in [1.807, 2.05) is 11.5 Å². The van der Waals surface area contributed by atoms with E-state index in [2.05, 4.69) is 5.32 Å². The van der Waals surface area contributed by atoms with Gasteiger partial charge in [0.15, 0.2) is 0 Å². The van der Waals surface area contributed by atoms with Gasteiger partial charge in [-0.25, -0.2) is 4.79 Å². The molecule has 0 saturated heterocycles. The van der Waals surface area contributed by atoms with Crippen molar-refractivity contribution < 1.29 is 19.4 Å². The van der Waals surface area contributed by atoms with Crippen molar-refractivity contribution in [1.29, 1.82) is 0 Å². The third-order valence-corrected chi connectivity index (χ3v) is 5.49. The molecule has 1 aliphatic rings. The van der Waals surface area contributed by atoms with E-state index in [1.54, 1.807) is 38.3 Å². The summed E-state index contributed by atoms with van der Waals surface area (Å²) in [5.41, 5.74) is 2.25. The van der Waals surface area contributed by atoms with Crippen molar-refractivity contribution in [3.63, 3.8) is 0 Å². The standard InChI is InChI=1S/C21H26N2O4/c1-13-14(2)23(16-7-5-4-6-8-16)19(18(13)21(25)26)22-20(24)15-9-11-17(27-3)12-10-15/h9-12,16H,4-8H2,1-3H3,(H,22,24)(H,25,26). The lowest BCUT2D eigenvalue weighted by Gasteiger charge is -2.27. The van der Waals surface area contributed by atoms with Gasteiger partial charge in [-0.3, -0.25) is 4.79 Å². The third kappa shape index (κ3) is 3.70. The van der Waals surface area contributed by atoms with Gasteiger partial charge >= 0.3 is 5.97 Å². The van der Waals surface area contributed by atoms with Gasteiger partial charge in [-0.2, -0.15) is 0 Å². The van der Waals surface area contributed by atoms with Crippen LogP contribution in [-0.4, -0.2) is 28.7 Å². The van der Waals surface area contributed by atoms with Gasteiger partial charge < -0.3 is 19.7 Å². The lowest BCUT2D eigenvalue weighted by molar-refractivity contribution is 0.0697. The summed E-state index contributed by atoms with van der Waals surface area (Å²) in [6, 6.07) is 6.98. The number of carbonyl (C=O) groups excluding carboxylic acids is 1. The van der Waals surface area contributed by atoms with E-state index in [-0.39, 0.29) is 17.5 Å². The van der Waals surface area contributed by atoms with E-state index in [0.29, 0.717) is 22.7 Å². The SMILES string of the molecule is COc1ccc(C(=O)Nc2c(C(=O)O)c(C)c(C)n2C2CCCCC2)cc1. The van der Waals surface area contributed by atoms with Crippen molar-refractivity contribution in [2.75, 3.05) is 12.4 Å². The minimum absolute atomic E-state index is 0.180. The second-order valence-corrected chi connectivity index (χ2v) is 7.08. The molecule has 1 amide bonds. The van der Waals surface area contributed by atoms with Gasteiger partial charge in [0.25, 0.3) is 5.91 Å². The Balaban J connectivity index is 2.00. The Morgan fingerprint density at radius 3 is 2.30 bits per heavy atom. The average Bonchev–Trinajstić information content (AvgIpc) is 2.92. The molecule has 1 fully saturated rings. The molecule has 6 nitrogen and oxygen atoms in total. The van der Waals surface area contributed by atoms with Gasteiger partial charge in [-0.15, -0.1) is 0 Å². The van der Waals surface area contributed by atoms with E-state index in [4.69, 9.17) is 4.74 Å². The van der Waals surface area contributed by atoms with Crippen LogP contribution in [-0.2, 0) is 0 Å². The average molecular weight is 370 g/mol. The zero-order chi connectivity index (χ0) is 19.6. The van der Waals surface area contributed by atoms with Gasteiger partial charge in [-0.05, 0) is 56.5 Å². The van der Waals surface area contributed by atoms with Gasteiger partial charge in [0.2, 0.25) is 0 Å². The minimum Gasteiger partial charge on any atom is -0.497 e. The maximum atomic E-state index is 12.8. The normalized spacial score (nSPS) is 14.8. The third-order valence-electron chi connectivity index (χ3n) is 5.49. The van der Waals surface area contributed by atoms with Crippen LogP contribution in [0.1, 0.15) is 70.1 Å². The molecule has 2 N–H and O–H groups in total. The Bertz CT molecular complexity index is 846. The number of aromatic nitrogens is 1. The van der Waals surface area contributed by atoms with Crippen molar-refractivity contribution in [3.8, 4) is 5.75 Å². The van der Waals surface area contributed by atoms with Crippen LogP contribution in [0.5, 0.6) is 5.75 Å². The first-order chi connectivity index (χ1) is 12.9. The largest absolute Gasteiger partial charge is 0.497 e. The molecule has 27 heavy (non-hydrogen) atoms. The molecular weight excluding hydrogens is 344 g/mol. The maximum Gasteiger partial charge on any atom is 0.339 e. The van der Waals surface area contributed by atoms with Crippen LogP contribution in [0.3, 0.4) is 0 Å². The topological polar surface area (TPSA) is 80.6 Å². The number of hydrogen-bond donors (Lipinski definition) is 2. The lowest BCUT2D eigenvalue weighted by atomic mass is 9.95. The van der Waals surface area contributed by atoms with Crippen molar-refractivity contribution in [2.45, 2.75) is 52.0 Å². The predicted octanol–water partition coefficient (Wildman–Crippen LogP) is 4.57. The molecule has 1 aromatic heterocycles. The molecule has 1 saturated carbocycles. The lowest BCUT2D eigenvalue weighted by Crippen LogP contribution is -2.21. The van der Waals surface area contributed by atoms with E-state index < -0.39 is 5.97 Å². The van der Waals surface area contributed by atoms with Crippen molar-refractivity contribution in [3.05, 3.63) is 46.6 Å². The number of nitrogens with one attached hydrogen (secondary N) is 1. The first-order valence-electron chi connectivity index (χ1n) is 9.34. The van der Waals surface area contributed by atoms with E-state index in [1.165, 1.54) is 6.42 Å². The van der Waals surface area contributed by atoms with Crippen LogP contribution < -0.4 is 10.1 Å². The Morgan fingerprint density at radius 2 is 1.74 bits per heavy atom. The molecule has 0 atom stereocenters. The fourth-order valence-corrected chi connectivity index (χ4v) is 3.93. The number of ether oxygens (including phenoxy) is 1. The number of methoxy groups -OCH3 is 1. The number of carboxylic acids is 1. The number of benzene rings is 1. The summed E-state index contributed by atoms with van der Waals surface area (Å²) < 4.78 is 7.15. The number of anilines is 1. The molecule has 0 unspecified atom stereocenters. The Morgan fingerprint density at radius 1 is 1.11 bits per heavy atom. The highest BCUT2D eigenvalue weighted by atomic mass is 16.5. The van der Waals surface area contributed by atoms with Crippen molar-refractivity contribution >= 4 is 17.7 Å². The summed E-state index contributed by atoms with van der Waals surface area (Å²) in [7, 11) is 1.57. The van der Waals surface area contributed by atoms with Gasteiger partial charge in [0, 0.05) is 17.3 Å². The van der Waals surface area contributed by atoms with Crippen LogP contribution in [0.2, 0.25) is 0 Å². The zero-order valence-electron chi connectivity index (χ0n) is 16.0. The number of hydrogen-bond acceptors (Lipinski definition) is 3. The van der Waals surface area contributed by atoms with Crippen LogP contribution in [0, 0.1) is 13.8 Å². The second-order valence-electron chi connectivity index (χ2n) is 7.08. The number of carboxylic acid groups (broad SMARTS) is 1. The second kappa shape index (κ2) is 7.86. The monoisotopic (exact) mass is 370 g/mol.